The minimum absolute atomic E-state index is 0.0706. The molecule has 0 aliphatic carbocycles. The van der Waals surface area contributed by atoms with E-state index in [0.29, 0.717) is 11.5 Å². The fraction of sp³-hybridized carbons (Fsp3) is 0.510. The molecule has 8 nitrogen and oxygen atoms in total. The van der Waals surface area contributed by atoms with Crippen molar-refractivity contribution in [2.75, 3.05) is 19.8 Å². The van der Waals surface area contributed by atoms with Crippen molar-refractivity contribution in [2.24, 2.45) is 5.41 Å². The molecule has 0 saturated carbocycles. The molecular formula is C49H66O8P2S2. The first kappa shape index (κ1) is 48.3. The van der Waals surface area contributed by atoms with Crippen molar-refractivity contribution in [3.05, 3.63) is 104 Å². The van der Waals surface area contributed by atoms with Gasteiger partial charge in [0.2, 0.25) is 0 Å². The third kappa shape index (κ3) is 9.48. The second kappa shape index (κ2) is 17.0. The molecule has 0 bridgehead atoms. The van der Waals surface area contributed by atoms with Gasteiger partial charge in [-0.05, 0) is 130 Å². The van der Waals surface area contributed by atoms with Crippen LogP contribution in [0.25, 0.3) is 0 Å². The summed E-state index contributed by atoms with van der Waals surface area (Å²) in [5, 5.41) is 21.9. The quantitative estimate of drug-likeness (QED) is 0.139. The minimum Gasteiger partial charge on any atom is -0.508 e. The summed E-state index contributed by atoms with van der Waals surface area (Å²) in [6, 6.07) is 16.9. The van der Waals surface area contributed by atoms with E-state index in [9.17, 15) is 20.0 Å². The van der Waals surface area contributed by atoms with E-state index in [1.165, 1.54) is 0 Å². The second-order valence-electron chi connectivity index (χ2n) is 21.1. The highest BCUT2D eigenvalue weighted by atomic mass is 32.2. The average Bonchev–Trinajstić information content (AvgIpc) is 3.12. The SMILES string of the molecule is Cc1cc(O)c(C(C)(C)C)cc1Sc1cc(C(C)(C)C)c(C2(c3cc(C)c(Sc4cc(C(C)(C)C)c(O)cc4C)cc3C(C)(C)C)OP(O)OCC23COP(O)OC3)cc1C. The first-order chi connectivity index (χ1) is 28.0. The Labute approximate surface area is 375 Å². The van der Waals surface area contributed by atoms with Gasteiger partial charge in [-0.25, -0.2) is 0 Å². The molecule has 61 heavy (non-hydrogen) atoms. The van der Waals surface area contributed by atoms with E-state index in [0.717, 1.165) is 75.2 Å². The molecule has 1 spiro atoms. The van der Waals surface area contributed by atoms with Crippen molar-refractivity contribution >= 4 is 40.7 Å². The van der Waals surface area contributed by atoms with Crippen molar-refractivity contribution in [1.82, 2.24) is 0 Å². The van der Waals surface area contributed by atoms with E-state index in [4.69, 9.17) is 18.1 Å². The Balaban J connectivity index is 1.66. The fourth-order valence-electron chi connectivity index (χ4n) is 8.48. The van der Waals surface area contributed by atoms with Crippen LogP contribution in [0.1, 0.15) is 139 Å². The topological polar surface area (TPSA) is 118 Å². The highest BCUT2D eigenvalue weighted by Gasteiger charge is 2.64. The molecule has 2 fully saturated rings. The first-order valence-corrected chi connectivity index (χ1v) is 24.8. The summed E-state index contributed by atoms with van der Waals surface area (Å²) < 4.78 is 25.3. The summed E-state index contributed by atoms with van der Waals surface area (Å²) in [6.07, 6.45) is 0. The van der Waals surface area contributed by atoms with Crippen LogP contribution in [0.5, 0.6) is 11.5 Å². The number of aryl methyl sites for hydroxylation is 4. The molecule has 6 rings (SSSR count). The standard InChI is InChI=1S/C49H66O8P2S2/c1-28-17-34(32(44(5,6)7)21-40(28)60-42-23-36(46(11,12)13)38(50)19-30(42)3)49(48(27-56-59(53)57-49)25-54-58(52)55-26-48)35-18-29(2)41(22-33(35)45(8,9)10)61-43-24-37(47(14,15)16)39(51)20-31(43)4/h17-24,50-53H,25-27H2,1-16H3. The monoisotopic (exact) mass is 908 g/mol. The number of benzene rings is 4. The van der Waals surface area contributed by atoms with Crippen LogP contribution in [-0.4, -0.2) is 39.8 Å². The van der Waals surface area contributed by atoms with Gasteiger partial charge in [0.25, 0.3) is 0 Å². The van der Waals surface area contributed by atoms with Gasteiger partial charge in [0, 0.05) is 30.7 Å². The molecule has 4 N–H and O–H groups in total. The highest BCUT2D eigenvalue weighted by molar-refractivity contribution is 7.99. The van der Waals surface area contributed by atoms with Crippen molar-refractivity contribution < 1.29 is 38.1 Å². The lowest BCUT2D eigenvalue weighted by molar-refractivity contribution is -0.160. The average molecular weight is 909 g/mol. The molecule has 1 unspecified atom stereocenters. The van der Waals surface area contributed by atoms with Crippen LogP contribution >= 0.6 is 40.7 Å². The fourth-order valence-corrected chi connectivity index (χ4v) is 12.4. The van der Waals surface area contributed by atoms with Crippen molar-refractivity contribution in [3.8, 4) is 11.5 Å². The molecular weight excluding hydrogens is 843 g/mol. The maximum atomic E-state index is 11.7. The van der Waals surface area contributed by atoms with Crippen LogP contribution in [0.2, 0.25) is 0 Å². The van der Waals surface area contributed by atoms with Crippen LogP contribution in [0.4, 0.5) is 0 Å². The number of hydrogen-bond acceptors (Lipinski definition) is 10. The molecule has 12 heteroatoms. The van der Waals surface area contributed by atoms with Gasteiger partial charge in [-0.3, -0.25) is 4.52 Å². The lowest BCUT2D eigenvalue weighted by atomic mass is 9.60. The molecule has 2 saturated heterocycles. The zero-order chi connectivity index (χ0) is 45.4. The van der Waals surface area contributed by atoms with E-state index < -0.39 is 39.1 Å². The second-order valence-corrected chi connectivity index (χ2v) is 25.2. The molecule has 4 aromatic carbocycles. The summed E-state index contributed by atoms with van der Waals surface area (Å²) in [5.74, 6) is 0.596. The van der Waals surface area contributed by atoms with Crippen LogP contribution in [0.3, 0.4) is 0 Å². The Kier molecular flexibility index (Phi) is 13.4. The third-order valence-corrected chi connectivity index (χ3v) is 16.1. The lowest BCUT2D eigenvalue weighted by Gasteiger charge is -2.56. The van der Waals surface area contributed by atoms with Gasteiger partial charge >= 0.3 is 17.2 Å². The van der Waals surface area contributed by atoms with Crippen molar-refractivity contribution in [2.45, 2.75) is 158 Å². The number of hydrogen-bond donors (Lipinski definition) is 4. The molecule has 2 aliphatic heterocycles. The van der Waals surface area contributed by atoms with E-state index in [-0.39, 0.29) is 30.7 Å². The zero-order valence-electron chi connectivity index (χ0n) is 38.9. The molecule has 0 radical (unpaired) electrons. The summed E-state index contributed by atoms with van der Waals surface area (Å²) >= 11 is 3.37. The summed E-state index contributed by atoms with van der Waals surface area (Å²) in [7, 11) is -4.49. The van der Waals surface area contributed by atoms with Gasteiger partial charge in [-0.15, -0.1) is 0 Å². The lowest BCUT2D eigenvalue weighted by Crippen LogP contribution is -2.60. The van der Waals surface area contributed by atoms with Crippen molar-refractivity contribution in [3.63, 3.8) is 0 Å². The third-order valence-electron chi connectivity index (χ3n) is 12.0. The maximum absolute atomic E-state index is 11.7. The summed E-state index contributed by atoms with van der Waals surface area (Å²) in [4.78, 5) is 26.6. The molecule has 0 amide bonds. The number of phenols is 2. The Morgan fingerprint density at radius 3 is 1.08 bits per heavy atom. The zero-order valence-corrected chi connectivity index (χ0v) is 42.3. The molecule has 2 aliphatic rings. The van der Waals surface area contributed by atoms with E-state index in [1.807, 2.05) is 26.0 Å². The molecule has 332 valence electrons. The molecule has 0 aromatic heterocycles. The summed E-state index contributed by atoms with van der Waals surface area (Å²) in [6.45, 7) is 34.3. The van der Waals surface area contributed by atoms with Gasteiger partial charge in [0.15, 0.2) is 0 Å². The van der Waals surface area contributed by atoms with Gasteiger partial charge in [0.05, 0.1) is 25.2 Å². The predicted octanol–water partition coefficient (Wildman–Crippen LogP) is 13.6. The first-order valence-electron chi connectivity index (χ1n) is 20.9. The van der Waals surface area contributed by atoms with E-state index in [1.54, 1.807) is 23.5 Å². The number of phenolic OH excluding ortho intramolecular Hbond substituents is 2. The summed E-state index contributed by atoms with van der Waals surface area (Å²) in [5.41, 5.74) is 5.90. The Morgan fingerprint density at radius 2 is 0.754 bits per heavy atom. The molecule has 4 aromatic rings. The van der Waals surface area contributed by atoms with Gasteiger partial charge in [-0.2, -0.15) is 0 Å². The largest absolute Gasteiger partial charge is 0.508 e. The normalized spacial score (nSPS) is 21.3. The van der Waals surface area contributed by atoms with Gasteiger partial charge in [-0.1, -0.05) is 119 Å². The number of rotatable bonds is 6. The minimum atomic E-state index is -2.37. The number of aromatic hydroxyl groups is 2. The van der Waals surface area contributed by atoms with Gasteiger partial charge in [0.1, 0.15) is 17.1 Å². The molecule has 2 heterocycles. The van der Waals surface area contributed by atoms with Gasteiger partial charge < -0.3 is 33.6 Å². The predicted molar refractivity (Wildman–Crippen MR) is 252 cm³/mol. The smallest absolute Gasteiger partial charge is 0.331 e. The molecule has 1 atom stereocenters. The van der Waals surface area contributed by atoms with Crippen LogP contribution < -0.4 is 0 Å². The van der Waals surface area contributed by atoms with Crippen LogP contribution in [-0.2, 0) is 45.4 Å². The van der Waals surface area contributed by atoms with Crippen molar-refractivity contribution in [1.29, 1.82) is 0 Å². The maximum Gasteiger partial charge on any atom is 0.331 e. The Morgan fingerprint density at radius 1 is 0.459 bits per heavy atom. The van der Waals surface area contributed by atoms with E-state index >= 15 is 0 Å². The Hall–Kier alpha value is -2.20. The van der Waals surface area contributed by atoms with Crippen LogP contribution in [0, 0.1) is 33.1 Å². The van der Waals surface area contributed by atoms with E-state index in [2.05, 4.69) is 133 Å². The van der Waals surface area contributed by atoms with Crippen LogP contribution in [0.15, 0.2) is 68.1 Å². The highest BCUT2D eigenvalue weighted by Crippen LogP contribution is 2.66. The Bertz CT molecular complexity index is 2160.